The topological polar surface area (TPSA) is 25.2 Å². The molecule has 0 aliphatic rings. The predicted molar refractivity (Wildman–Crippen MR) is 82.5 cm³/mol. The first-order valence-corrected chi connectivity index (χ1v) is 8.07. The van der Waals surface area contributed by atoms with Crippen LogP contribution in [0.5, 0.6) is 0 Å². The van der Waals surface area contributed by atoms with Gasteiger partial charge in [-0.1, -0.05) is 58.8 Å². The van der Waals surface area contributed by atoms with Gasteiger partial charge in [-0.05, 0) is 32.0 Å². The third kappa shape index (κ3) is 6.81. The molecule has 1 aromatic heterocycles. The molecule has 0 amide bonds. The molecule has 1 heterocycles. The molecule has 1 atom stereocenters. The summed E-state index contributed by atoms with van der Waals surface area (Å²) in [5.41, 5.74) is 0. The second-order valence-corrected chi connectivity index (χ2v) is 5.47. The van der Waals surface area contributed by atoms with Crippen LogP contribution in [0.15, 0.2) is 16.5 Å². The van der Waals surface area contributed by atoms with Gasteiger partial charge < -0.3 is 9.73 Å². The third-order valence-corrected chi connectivity index (χ3v) is 3.65. The van der Waals surface area contributed by atoms with Gasteiger partial charge in [-0.15, -0.1) is 0 Å². The van der Waals surface area contributed by atoms with Crippen LogP contribution >= 0.6 is 0 Å². The number of rotatable bonds is 11. The number of unbranched alkanes of at least 4 members (excludes halogenated alkanes) is 6. The number of hydrogen-bond acceptors (Lipinski definition) is 2. The molecule has 0 aliphatic carbocycles. The molecule has 110 valence electrons. The molecule has 2 nitrogen and oxygen atoms in total. The van der Waals surface area contributed by atoms with Crippen LogP contribution in [0.2, 0.25) is 0 Å². The molecular formula is C17H31NO. The number of nitrogens with one attached hydrogen (secondary N) is 1. The van der Waals surface area contributed by atoms with Crippen molar-refractivity contribution < 1.29 is 4.42 Å². The van der Waals surface area contributed by atoms with Crippen molar-refractivity contribution in [3.63, 3.8) is 0 Å². The number of aryl methyl sites for hydroxylation is 1. The van der Waals surface area contributed by atoms with Crippen LogP contribution in [0, 0.1) is 6.92 Å². The molecule has 1 unspecified atom stereocenters. The van der Waals surface area contributed by atoms with Crippen LogP contribution in [0.3, 0.4) is 0 Å². The summed E-state index contributed by atoms with van der Waals surface area (Å²) in [6.45, 7) is 7.45. The molecular weight excluding hydrogens is 234 g/mol. The van der Waals surface area contributed by atoms with Gasteiger partial charge in [0.05, 0.1) is 6.04 Å². The summed E-state index contributed by atoms with van der Waals surface area (Å²) in [7, 11) is 0. The van der Waals surface area contributed by atoms with Crippen LogP contribution in [0.1, 0.15) is 82.8 Å². The van der Waals surface area contributed by atoms with Crippen LogP contribution < -0.4 is 5.32 Å². The number of hydrogen-bond donors (Lipinski definition) is 1. The van der Waals surface area contributed by atoms with Gasteiger partial charge in [0.1, 0.15) is 11.5 Å². The maximum atomic E-state index is 5.75. The van der Waals surface area contributed by atoms with Gasteiger partial charge in [0, 0.05) is 0 Å². The quantitative estimate of drug-likeness (QED) is 0.543. The van der Waals surface area contributed by atoms with E-state index in [1.54, 1.807) is 0 Å². The van der Waals surface area contributed by atoms with Gasteiger partial charge in [-0.2, -0.15) is 0 Å². The van der Waals surface area contributed by atoms with Crippen LogP contribution in [-0.4, -0.2) is 6.54 Å². The Morgan fingerprint density at radius 1 is 1.00 bits per heavy atom. The van der Waals surface area contributed by atoms with E-state index in [9.17, 15) is 0 Å². The molecule has 0 aliphatic heterocycles. The standard InChI is InChI=1S/C17H31NO/c1-4-6-7-8-9-10-11-12-16(18-5-2)17-14-13-15(3)19-17/h13-14,16,18H,4-12H2,1-3H3. The van der Waals surface area contributed by atoms with Crippen molar-refractivity contribution >= 4 is 0 Å². The molecule has 0 radical (unpaired) electrons. The highest BCUT2D eigenvalue weighted by Crippen LogP contribution is 2.22. The zero-order chi connectivity index (χ0) is 13.9. The molecule has 1 rings (SSSR count). The van der Waals surface area contributed by atoms with Crippen LogP contribution in [0.4, 0.5) is 0 Å². The largest absolute Gasteiger partial charge is 0.465 e. The van der Waals surface area contributed by atoms with E-state index in [-0.39, 0.29) is 0 Å². The number of furan rings is 1. The van der Waals surface area contributed by atoms with Gasteiger partial charge in [0.2, 0.25) is 0 Å². The summed E-state index contributed by atoms with van der Waals surface area (Å²) in [5.74, 6) is 2.11. The Kier molecular flexibility index (Phi) is 8.64. The highest BCUT2D eigenvalue weighted by atomic mass is 16.3. The first-order valence-electron chi connectivity index (χ1n) is 8.07. The van der Waals surface area contributed by atoms with E-state index in [4.69, 9.17) is 4.42 Å². The summed E-state index contributed by atoms with van der Waals surface area (Å²) in [4.78, 5) is 0. The molecule has 0 fully saturated rings. The maximum Gasteiger partial charge on any atom is 0.121 e. The van der Waals surface area contributed by atoms with E-state index in [0.29, 0.717) is 6.04 Å². The van der Waals surface area contributed by atoms with Crippen molar-refractivity contribution in [2.45, 2.75) is 78.2 Å². The van der Waals surface area contributed by atoms with E-state index in [1.165, 1.54) is 51.4 Å². The zero-order valence-corrected chi connectivity index (χ0v) is 13.0. The second-order valence-electron chi connectivity index (χ2n) is 5.47. The fraction of sp³-hybridized carbons (Fsp3) is 0.765. The maximum absolute atomic E-state index is 5.75. The lowest BCUT2D eigenvalue weighted by Crippen LogP contribution is -2.20. The highest BCUT2D eigenvalue weighted by Gasteiger charge is 2.13. The average molecular weight is 265 g/mol. The van der Waals surface area contributed by atoms with E-state index in [2.05, 4.69) is 31.3 Å². The molecule has 0 saturated heterocycles. The van der Waals surface area contributed by atoms with Gasteiger partial charge in [0.25, 0.3) is 0 Å². The first-order chi connectivity index (χ1) is 9.27. The second kappa shape index (κ2) is 10.1. The van der Waals surface area contributed by atoms with E-state index < -0.39 is 0 Å². The minimum absolute atomic E-state index is 0.398. The molecule has 0 aromatic carbocycles. The smallest absolute Gasteiger partial charge is 0.121 e. The minimum Gasteiger partial charge on any atom is -0.465 e. The summed E-state index contributed by atoms with van der Waals surface area (Å²) in [6, 6.07) is 4.57. The summed E-state index contributed by atoms with van der Waals surface area (Å²) < 4.78 is 5.75. The fourth-order valence-corrected chi connectivity index (χ4v) is 2.54. The minimum atomic E-state index is 0.398. The Morgan fingerprint density at radius 3 is 2.26 bits per heavy atom. The Morgan fingerprint density at radius 2 is 1.68 bits per heavy atom. The predicted octanol–water partition coefficient (Wildman–Crippen LogP) is 5.38. The van der Waals surface area contributed by atoms with Gasteiger partial charge in [0.15, 0.2) is 0 Å². The van der Waals surface area contributed by atoms with Crippen molar-refractivity contribution in [1.82, 2.24) is 5.32 Å². The molecule has 0 saturated carbocycles. The van der Waals surface area contributed by atoms with E-state index >= 15 is 0 Å². The molecule has 1 aromatic rings. The molecule has 0 bridgehead atoms. The van der Waals surface area contributed by atoms with E-state index in [1.807, 2.05) is 6.92 Å². The van der Waals surface area contributed by atoms with E-state index in [0.717, 1.165) is 18.1 Å². The van der Waals surface area contributed by atoms with Crippen LogP contribution in [-0.2, 0) is 0 Å². The third-order valence-electron chi connectivity index (χ3n) is 3.65. The monoisotopic (exact) mass is 265 g/mol. The fourth-order valence-electron chi connectivity index (χ4n) is 2.54. The van der Waals surface area contributed by atoms with Crippen molar-refractivity contribution in [1.29, 1.82) is 0 Å². The highest BCUT2D eigenvalue weighted by molar-refractivity contribution is 5.09. The van der Waals surface area contributed by atoms with Crippen molar-refractivity contribution in [3.8, 4) is 0 Å². The molecule has 2 heteroatoms. The molecule has 1 N–H and O–H groups in total. The average Bonchev–Trinajstić information content (AvgIpc) is 2.83. The van der Waals surface area contributed by atoms with Gasteiger partial charge in [-0.3, -0.25) is 0 Å². The Balaban J connectivity index is 2.19. The van der Waals surface area contributed by atoms with Crippen molar-refractivity contribution in [2.75, 3.05) is 6.54 Å². The van der Waals surface area contributed by atoms with Gasteiger partial charge >= 0.3 is 0 Å². The summed E-state index contributed by atoms with van der Waals surface area (Å²) in [5, 5.41) is 3.53. The van der Waals surface area contributed by atoms with Crippen molar-refractivity contribution in [3.05, 3.63) is 23.7 Å². The Labute approximate surface area is 119 Å². The van der Waals surface area contributed by atoms with Crippen LogP contribution in [0.25, 0.3) is 0 Å². The molecule has 19 heavy (non-hydrogen) atoms. The van der Waals surface area contributed by atoms with Gasteiger partial charge in [-0.25, -0.2) is 0 Å². The Bertz CT molecular complexity index is 319. The first kappa shape index (κ1) is 16.3. The Hall–Kier alpha value is -0.760. The lowest BCUT2D eigenvalue weighted by molar-refractivity contribution is 0.379. The molecule has 0 spiro atoms. The van der Waals surface area contributed by atoms with Crippen molar-refractivity contribution in [2.24, 2.45) is 0 Å². The summed E-state index contributed by atoms with van der Waals surface area (Å²) >= 11 is 0. The summed E-state index contributed by atoms with van der Waals surface area (Å²) in [6.07, 6.45) is 10.8. The zero-order valence-electron chi connectivity index (χ0n) is 13.0. The lowest BCUT2D eigenvalue weighted by Gasteiger charge is -2.15. The lowest BCUT2D eigenvalue weighted by atomic mass is 10.0. The normalized spacial score (nSPS) is 12.8. The SMILES string of the molecule is CCCCCCCCCC(NCC)c1ccc(C)o1.